The lowest BCUT2D eigenvalue weighted by atomic mass is 10.1. The maximum Gasteiger partial charge on any atom is 0.344 e. The number of nitrogens with one attached hydrogen (secondary N) is 1. The zero-order chi connectivity index (χ0) is 17.0. The van der Waals surface area contributed by atoms with Crippen LogP contribution < -0.4 is 5.32 Å². The quantitative estimate of drug-likeness (QED) is 0.483. The Kier molecular flexibility index (Phi) is 5.87. The van der Waals surface area contributed by atoms with E-state index >= 15 is 0 Å². The van der Waals surface area contributed by atoms with Crippen LogP contribution >= 0.6 is 11.8 Å². The number of thioether (sulfide) groups is 1. The molecule has 0 aromatic heterocycles. The van der Waals surface area contributed by atoms with E-state index in [0.29, 0.717) is 16.9 Å². The first kappa shape index (κ1) is 17.6. The van der Waals surface area contributed by atoms with E-state index in [4.69, 9.17) is 4.74 Å². The highest BCUT2D eigenvalue weighted by Crippen LogP contribution is 2.34. The largest absolute Gasteiger partial charge is 0.465 e. The van der Waals surface area contributed by atoms with E-state index in [-0.39, 0.29) is 11.3 Å². The van der Waals surface area contributed by atoms with Crippen LogP contribution in [0, 0.1) is 17.0 Å². The molecule has 2 rings (SSSR count). The number of carbonyl (C=O) groups excluding carboxylic acids is 1. The molecule has 126 valence electrons. The van der Waals surface area contributed by atoms with Crippen molar-refractivity contribution in [2.75, 3.05) is 18.2 Å². The number of rotatable bonds is 6. The summed E-state index contributed by atoms with van der Waals surface area (Å²) in [6.45, 7) is 3.79. The predicted octanol–water partition coefficient (Wildman–Crippen LogP) is 3.78. The number of benzene rings is 1. The number of hydrogen-bond acceptors (Lipinski definition) is 6. The van der Waals surface area contributed by atoms with Crippen LogP contribution in [0.3, 0.4) is 0 Å². The van der Waals surface area contributed by atoms with Gasteiger partial charge in [-0.2, -0.15) is 11.8 Å². The maximum absolute atomic E-state index is 11.9. The summed E-state index contributed by atoms with van der Waals surface area (Å²) in [7, 11) is 1.23. The van der Waals surface area contributed by atoms with Gasteiger partial charge in [-0.25, -0.2) is 4.79 Å². The Morgan fingerprint density at radius 3 is 2.83 bits per heavy atom. The molecule has 0 heterocycles. The van der Waals surface area contributed by atoms with Crippen LogP contribution in [0.15, 0.2) is 12.1 Å². The second-order valence-electron chi connectivity index (χ2n) is 5.61. The zero-order valence-corrected chi connectivity index (χ0v) is 14.4. The maximum atomic E-state index is 11.9. The van der Waals surface area contributed by atoms with Gasteiger partial charge in [-0.3, -0.25) is 10.1 Å². The number of aryl methyl sites for hydroxylation is 1. The molecule has 1 aromatic rings. The van der Waals surface area contributed by atoms with Gasteiger partial charge < -0.3 is 10.1 Å². The number of hydrogen-bond donors (Lipinski definition) is 1. The highest BCUT2D eigenvalue weighted by molar-refractivity contribution is 7.99. The molecule has 1 aliphatic carbocycles. The lowest BCUT2D eigenvalue weighted by molar-refractivity contribution is -0.385. The highest BCUT2D eigenvalue weighted by Gasteiger charge is 2.29. The molecule has 23 heavy (non-hydrogen) atoms. The molecule has 1 aliphatic rings. The third-order valence-electron chi connectivity index (χ3n) is 4.07. The van der Waals surface area contributed by atoms with Crippen molar-refractivity contribution in [1.29, 1.82) is 0 Å². The number of anilines is 1. The average Bonchev–Trinajstić information content (AvgIpc) is 2.93. The number of nitro groups is 1. The van der Waals surface area contributed by atoms with E-state index in [1.54, 1.807) is 13.0 Å². The summed E-state index contributed by atoms with van der Waals surface area (Å²) in [4.78, 5) is 22.6. The van der Waals surface area contributed by atoms with E-state index in [2.05, 4.69) is 12.2 Å². The van der Waals surface area contributed by atoms with Crippen molar-refractivity contribution in [3.63, 3.8) is 0 Å². The number of methoxy groups -OCH3 is 1. The summed E-state index contributed by atoms with van der Waals surface area (Å²) in [5.74, 6) is 0.379. The Bertz CT molecular complexity index is 606. The van der Waals surface area contributed by atoms with E-state index in [0.717, 1.165) is 17.9 Å². The first-order valence-electron chi connectivity index (χ1n) is 7.73. The fraction of sp³-hybridized carbons (Fsp3) is 0.562. The van der Waals surface area contributed by atoms with Crippen molar-refractivity contribution in [3.05, 3.63) is 33.4 Å². The van der Waals surface area contributed by atoms with Crippen molar-refractivity contribution >= 4 is 29.1 Å². The van der Waals surface area contributed by atoms with Gasteiger partial charge in [-0.1, -0.05) is 13.3 Å². The van der Waals surface area contributed by atoms with Crippen molar-refractivity contribution in [2.24, 2.45) is 0 Å². The van der Waals surface area contributed by atoms with Crippen molar-refractivity contribution in [2.45, 2.75) is 44.4 Å². The molecule has 1 fully saturated rings. The summed E-state index contributed by atoms with van der Waals surface area (Å²) in [5, 5.41) is 15.2. The molecule has 2 atom stereocenters. The van der Waals surface area contributed by atoms with E-state index in [1.165, 1.54) is 26.0 Å². The van der Waals surface area contributed by atoms with Crippen LogP contribution in [-0.2, 0) is 4.74 Å². The Morgan fingerprint density at radius 1 is 1.48 bits per heavy atom. The first-order chi connectivity index (χ1) is 11.0. The molecular weight excluding hydrogens is 316 g/mol. The summed E-state index contributed by atoms with van der Waals surface area (Å²) >= 11 is 1.93. The third-order valence-corrected chi connectivity index (χ3v) is 5.40. The van der Waals surface area contributed by atoms with Gasteiger partial charge in [0.05, 0.1) is 12.0 Å². The number of esters is 1. The van der Waals surface area contributed by atoms with Crippen molar-refractivity contribution < 1.29 is 14.5 Å². The fourth-order valence-electron chi connectivity index (χ4n) is 3.09. The van der Waals surface area contributed by atoms with Crippen LogP contribution in [0.4, 0.5) is 11.4 Å². The standard InChI is InChI=1S/C16H22N2O4S/c1-4-23-14-7-5-6-13(14)17-11-8-10(2)15(18(20)21)12(9-11)16(19)22-3/h8-9,13-14,17H,4-7H2,1-3H3. The van der Waals surface area contributed by atoms with Gasteiger partial charge >= 0.3 is 5.97 Å². The monoisotopic (exact) mass is 338 g/mol. The number of nitro benzene ring substituents is 1. The molecular formula is C16H22N2O4S. The Hall–Kier alpha value is -1.76. The average molecular weight is 338 g/mol. The molecule has 1 aromatic carbocycles. The topological polar surface area (TPSA) is 81.5 Å². The van der Waals surface area contributed by atoms with Gasteiger partial charge in [0.15, 0.2) is 0 Å². The molecule has 0 bridgehead atoms. The van der Waals surface area contributed by atoms with Crippen LogP contribution in [0.5, 0.6) is 0 Å². The summed E-state index contributed by atoms with van der Waals surface area (Å²) in [6, 6.07) is 3.59. The molecule has 7 heteroatoms. The SMILES string of the molecule is CCSC1CCCC1Nc1cc(C)c([N+](=O)[O-])c(C(=O)OC)c1. The normalized spacial score (nSPS) is 20.3. The minimum atomic E-state index is -0.686. The Labute approximate surface area is 140 Å². The lowest BCUT2D eigenvalue weighted by Crippen LogP contribution is -2.26. The van der Waals surface area contributed by atoms with Gasteiger partial charge in [0, 0.05) is 22.5 Å². The number of ether oxygens (including phenoxy) is 1. The van der Waals surface area contributed by atoms with Gasteiger partial charge in [0.2, 0.25) is 0 Å². The van der Waals surface area contributed by atoms with E-state index in [9.17, 15) is 14.9 Å². The fourth-order valence-corrected chi connectivity index (χ4v) is 4.29. The lowest BCUT2D eigenvalue weighted by Gasteiger charge is -2.22. The summed E-state index contributed by atoms with van der Waals surface area (Å²) in [6.07, 6.45) is 3.42. The van der Waals surface area contributed by atoms with Crippen LogP contribution in [-0.4, -0.2) is 35.0 Å². The van der Waals surface area contributed by atoms with Crippen molar-refractivity contribution in [1.82, 2.24) is 0 Å². The molecule has 2 unspecified atom stereocenters. The predicted molar refractivity (Wildman–Crippen MR) is 92.4 cm³/mol. The molecule has 0 amide bonds. The van der Waals surface area contributed by atoms with Crippen LogP contribution in [0.1, 0.15) is 42.1 Å². The zero-order valence-electron chi connectivity index (χ0n) is 13.6. The van der Waals surface area contributed by atoms with Gasteiger partial charge in [0.1, 0.15) is 5.56 Å². The van der Waals surface area contributed by atoms with E-state index < -0.39 is 10.9 Å². The van der Waals surface area contributed by atoms with Crippen LogP contribution in [0.25, 0.3) is 0 Å². The van der Waals surface area contributed by atoms with Crippen molar-refractivity contribution in [3.8, 4) is 0 Å². The second-order valence-corrected chi connectivity index (χ2v) is 7.13. The van der Waals surface area contributed by atoms with Gasteiger partial charge in [0.25, 0.3) is 5.69 Å². The summed E-state index contributed by atoms with van der Waals surface area (Å²) < 4.78 is 4.69. The van der Waals surface area contributed by atoms with Gasteiger partial charge in [-0.05, 0) is 37.7 Å². The minimum absolute atomic E-state index is 0.00214. The molecule has 0 aliphatic heterocycles. The third kappa shape index (κ3) is 3.96. The molecule has 1 N–H and O–H groups in total. The molecule has 6 nitrogen and oxygen atoms in total. The minimum Gasteiger partial charge on any atom is -0.465 e. The summed E-state index contributed by atoms with van der Waals surface area (Å²) in [5.41, 5.74) is 1.01. The van der Waals surface area contributed by atoms with E-state index in [1.807, 2.05) is 11.8 Å². The molecule has 0 radical (unpaired) electrons. The smallest absolute Gasteiger partial charge is 0.344 e. The first-order valence-corrected chi connectivity index (χ1v) is 8.78. The number of nitrogens with zero attached hydrogens (tertiary/aromatic N) is 1. The molecule has 0 spiro atoms. The Balaban J connectivity index is 2.31. The Morgan fingerprint density at radius 2 is 2.22 bits per heavy atom. The number of carbonyl (C=O) groups is 1. The van der Waals surface area contributed by atoms with Gasteiger partial charge in [-0.15, -0.1) is 0 Å². The van der Waals surface area contributed by atoms with Crippen LogP contribution in [0.2, 0.25) is 0 Å². The highest BCUT2D eigenvalue weighted by atomic mass is 32.2. The second kappa shape index (κ2) is 7.68. The molecule has 0 saturated heterocycles. The molecule has 1 saturated carbocycles.